The molecule has 1 aromatic carbocycles. The predicted molar refractivity (Wildman–Crippen MR) is 70.2 cm³/mol. The van der Waals surface area contributed by atoms with E-state index in [1.165, 1.54) is 0 Å². The Morgan fingerprint density at radius 1 is 1.47 bits per heavy atom. The van der Waals surface area contributed by atoms with Gasteiger partial charge in [0.25, 0.3) is 0 Å². The lowest BCUT2D eigenvalue weighted by Gasteiger charge is -2.21. The zero-order valence-corrected chi connectivity index (χ0v) is 11.4. The quantitative estimate of drug-likeness (QED) is 0.848. The summed E-state index contributed by atoms with van der Waals surface area (Å²) in [5.41, 5.74) is 0.781. The molecule has 0 heterocycles. The largest absolute Gasteiger partial charge is 0.480 e. The third kappa shape index (κ3) is 4.36. The van der Waals surface area contributed by atoms with Gasteiger partial charge in [-0.25, -0.2) is 4.79 Å². The maximum absolute atomic E-state index is 11.2. The van der Waals surface area contributed by atoms with E-state index in [9.17, 15) is 4.79 Å². The van der Waals surface area contributed by atoms with E-state index in [2.05, 4.69) is 21.2 Å². The number of carbonyl (C=O) groups is 1. The first-order chi connectivity index (χ1) is 8.04. The van der Waals surface area contributed by atoms with Crippen molar-refractivity contribution >= 4 is 27.6 Å². The molecule has 4 nitrogen and oxygen atoms in total. The normalized spacial score (nSPS) is 14.1. The molecular weight excluding hydrogens is 286 g/mol. The Bertz CT molecular complexity index is 367. The molecule has 0 aromatic heterocycles. The molecule has 0 spiro atoms. The van der Waals surface area contributed by atoms with Gasteiger partial charge in [0.2, 0.25) is 0 Å². The number of nitrogens with one attached hydrogen (secondary N) is 1. The molecule has 0 radical (unpaired) electrons. The Kier molecular flexibility index (Phi) is 5.44. The predicted octanol–water partition coefficient (Wildman–Crippen LogP) is 2.60. The first-order valence-corrected chi connectivity index (χ1v) is 6.07. The highest BCUT2D eigenvalue weighted by Gasteiger charge is 2.24. The van der Waals surface area contributed by atoms with Crippen LogP contribution in [0.15, 0.2) is 28.7 Å². The summed E-state index contributed by atoms with van der Waals surface area (Å²) in [4.78, 5) is 11.2. The maximum Gasteiger partial charge on any atom is 0.326 e. The lowest BCUT2D eigenvalue weighted by molar-refractivity contribution is -0.139. The molecule has 2 unspecified atom stereocenters. The van der Waals surface area contributed by atoms with Crippen molar-refractivity contribution in [3.05, 3.63) is 28.7 Å². The summed E-state index contributed by atoms with van der Waals surface area (Å²) in [5, 5.41) is 12.1. The van der Waals surface area contributed by atoms with Crippen LogP contribution in [0.5, 0.6) is 0 Å². The van der Waals surface area contributed by atoms with Gasteiger partial charge in [0.15, 0.2) is 0 Å². The topological polar surface area (TPSA) is 58.6 Å². The summed E-state index contributed by atoms with van der Waals surface area (Å²) in [6, 6.07) is 6.74. The highest BCUT2D eigenvalue weighted by molar-refractivity contribution is 9.10. The van der Waals surface area contributed by atoms with Gasteiger partial charge in [0, 0.05) is 23.2 Å². The zero-order valence-electron chi connectivity index (χ0n) is 9.81. The number of hydrogen-bond donors (Lipinski definition) is 2. The molecule has 0 saturated heterocycles. The van der Waals surface area contributed by atoms with Crippen LogP contribution in [-0.2, 0) is 9.53 Å². The van der Waals surface area contributed by atoms with Crippen molar-refractivity contribution in [3.63, 3.8) is 0 Å². The molecule has 0 saturated carbocycles. The van der Waals surface area contributed by atoms with Crippen LogP contribution in [0, 0.1) is 5.92 Å². The van der Waals surface area contributed by atoms with Crippen LogP contribution < -0.4 is 5.32 Å². The van der Waals surface area contributed by atoms with E-state index >= 15 is 0 Å². The van der Waals surface area contributed by atoms with E-state index in [1.54, 1.807) is 7.11 Å². The van der Waals surface area contributed by atoms with Crippen LogP contribution in [0.2, 0.25) is 0 Å². The summed E-state index contributed by atoms with van der Waals surface area (Å²) >= 11 is 3.33. The fourth-order valence-corrected chi connectivity index (χ4v) is 1.80. The molecule has 2 N–H and O–H groups in total. The van der Waals surface area contributed by atoms with E-state index in [4.69, 9.17) is 9.84 Å². The fraction of sp³-hybridized carbons (Fsp3) is 0.417. The Morgan fingerprint density at radius 2 is 2.06 bits per heavy atom. The highest BCUT2D eigenvalue weighted by atomic mass is 79.9. The molecule has 94 valence electrons. The van der Waals surface area contributed by atoms with Crippen molar-refractivity contribution < 1.29 is 14.6 Å². The lowest BCUT2D eigenvalue weighted by atomic mass is 10.0. The number of methoxy groups -OCH3 is 1. The standard InChI is InChI=1S/C12H16BrNO3/c1-8(7-17-2)11(12(15)16)14-10-5-3-9(13)4-6-10/h3-6,8,11,14H,7H2,1-2H3,(H,15,16). The average Bonchev–Trinajstić information content (AvgIpc) is 2.28. The molecule has 1 aromatic rings. The minimum absolute atomic E-state index is 0.110. The molecule has 1 rings (SSSR count). The molecule has 2 atom stereocenters. The molecule has 0 aliphatic carbocycles. The summed E-state index contributed by atoms with van der Waals surface area (Å²) in [6.45, 7) is 2.24. The van der Waals surface area contributed by atoms with Gasteiger partial charge in [-0.1, -0.05) is 22.9 Å². The first kappa shape index (κ1) is 14.0. The first-order valence-electron chi connectivity index (χ1n) is 5.28. The highest BCUT2D eigenvalue weighted by Crippen LogP contribution is 2.17. The van der Waals surface area contributed by atoms with Crippen molar-refractivity contribution in [1.29, 1.82) is 0 Å². The molecule has 0 aliphatic heterocycles. The number of benzene rings is 1. The van der Waals surface area contributed by atoms with E-state index in [0.717, 1.165) is 10.2 Å². The Labute approximate surface area is 109 Å². The van der Waals surface area contributed by atoms with E-state index < -0.39 is 12.0 Å². The van der Waals surface area contributed by atoms with Crippen LogP contribution in [0.25, 0.3) is 0 Å². The van der Waals surface area contributed by atoms with Gasteiger partial charge >= 0.3 is 5.97 Å². The van der Waals surface area contributed by atoms with Crippen molar-refractivity contribution in [2.45, 2.75) is 13.0 Å². The number of ether oxygens (including phenoxy) is 1. The minimum Gasteiger partial charge on any atom is -0.480 e. The van der Waals surface area contributed by atoms with Gasteiger partial charge < -0.3 is 15.2 Å². The Balaban J connectivity index is 2.73. The molecule has 0 aliphatic rings. The van der Waals surface area contributed by atoms with E-state index in [-0.39, 0.29) is 5.92 Å². The van der Waals surface area contributed by atoms with Gasteiger partial charge in [0.1, 0.15) is 6.04 Å². The third-order valence-electron chi connectivity index (χ3n) is 2.43. The smallest absolute Gasteiger partial charge is 0.326 e. The SMILES string of the molecule is COCC(C)C(Nc1ccc(Br)cc1)C(=O)O. The van der Waals surface area contributed by atoms with Gasteiger partial charge in [-0.3, -0.25) is 0 Å². The van der Waals surface area contributed by atoms with Crippen molar-refractivity contribution in [2.75, 3.05) is 19.0 Å². The number of halogens is 1. The second-order valence-corrected chi connectivity index (χ2v) is 4.82. The fourth-order valence-electron chi connectivity index (χ4n) is 1.53. The van der Waals surface area contributed by atoms with Crippen LogP contribution in [0.3, 0.4) is 0 Å². The second-order valence-electron chi connectivity index (χ2n) is 3.90. The molecule has 5 heteroatoms. The van der Waals surface area contributed by atoms with Gasteiger partial charge in [-0.15, -0.1) is 0 Å². The van der Waals surface area contributed by atoms with E-state index in [1.807, 2.05) is 31.2 Å². The number of hydrogen-bond acceptors (Lipinski definition) is 3. The third-order valence-corrected chi connectivity index (χ3v) is 2.96. The van der Waals surface area contributed by atoms with Crippen LogP contribution in [0.4, 0.5) is 5.69 Å². The Morgan fingerprint density at radius 3 is 2.53 bits per heavy atom. The van der Waals surface area contributed by atoms with Crippen LogP contribution >= 0.6 is 15.9 Å². The average molecular weight is 302 g/mol. The van der Waals surface area contributed by atoms with Gasteiger partial charge in [0.05, 0.1) is 6.61 Å². The summed E-state index contributed by atoms with van der Waals surface area (Å²) in [6.07, 6.45) is 0. The lowest BCUT2D eigenvalue weighted by Crippen LogP contribution is -2.37. The van der Waals surface area contributed by atoms with E-state index in [0.29, 0.717) is 6.61 Å². The Hall–Kier alpha value is -1.07. The molecule has 0 amide bonds. The number of carboxylic acid groups (broad SMARTS) is 1. The van der Waals surface area contributed by atoms with Gasteiger partial charge in [-0.2, -0.15) is 0 Å². The van der Waals surface area contributed by atoms with Crippen LogP contribution in [0.1, 0.15) is 6.92 Å². The van der Waals surface area contributed by atoms with Crippen LogP contribution in [-0.4, -0.2) is 30.8 Å². The number of anilines is 1. The number of aliphatic carboxylic acids is 1. The maximum atomic E-state index is 11.2. The van der Waals surface area contributed by atoms with Crippen molar-refractivity contribution in [2.24, 2.45) is 5.92 Å². The summed E-state index contributed by atoms with van der Waals surface area (Å²) in [5.74, 6) is -0.987. The zero-order chi connectivity index (χ0) is 12.8. The van der Waals surface area contributed by atoms with Crippen molar-refractivity contribution in [1.82, 2.24) is 0 Å². The van der Waals surface area contributed by atoms with Crippen molar-refractivity contribution in [3.8, 4) is 0 Å². The minimum atomic E-state index is -0.877. The molecular formula is C12H16BrNO3. The van der Waals surface area contributed by atoms with Gasteiger partial charge in [-0.05, 0) is 24.3 Å². The molecule has 0 bridgehead atoms. The number of carboxylic acids is 1. The molecule has 0 fully saturated rings. The second kappa shape index (κ2) is 6.61. The monoisotopic (exact) mass is 301 g/mol. The number of rotatable bonds is 6. The molecule has 17 heavy (non-hydrogen) atoms. The summed E-state index contributed by atoms with van der Waals surface area (Å²) < 4.78 is 5.94. The summed E-state index contributed by atoms with van der Waals surface area (Å²) in [7, 11) is 1.56.